The third-order valence-electron chi connectivity index (χ3n) is 2.41. The van der Waals surface area contributed by atoms with Crippen LogP contribution in [0.25, 0.3) is 0 Å². The molecule has 1 aromatic rings. The van der Waals surface area contributed by atoms with Crippen molar-refractivity contribution in [3.8, 4) is 0 Å². The Morgan fingerprint density at radius 1 is 1.44 bits per heavy atom. The number of hydrogen-bond donors (Lipinski definition) is 1. The molecule has 18 heavy (non-hydrogen) atoms. The van der Waals surface area contributed by atoms with Crippen LogP contribution in [0.15, 0.2) is 12.3 Å². The van der Waals surface area contributed by atoms with Crippen molar-refractivity contribution in [2.75, 3.05) is 32.1 Å². The van der Waals surface area contributed by atoms with E-state index in [1.54, 1.807) is 11.9 Å². The zero-order valence-electron chi connectivity index (χ0n) is 10.6. The summed E-state index contributed by atoms with van der Waals surface area (Å²) in [4.78, 5) is 9.01. The van der Waals surface area contributed by atoms with Gasteiger partial charge in [0.2, 0.25) is 5.95 Å². The van der Waals surface area contributed by atoms with Gasteiger partial charge in [-0.05, 0) is 25.6 Å². The van der Waals surface area contributed by atoms with Crippen LogP contribution in [0.4, 0.5) is 19.1 Å². The van der Waals surface area contributed by atoms with Crippen LogP contribution < -0.4 is 10.2 Å². The fourth-order valence-corrected chi connectivity index (χ4v) is 1.65. The Morgan fingerprint density at radius 2 is 2.11 bits per heavy atom. The van der Waals surface area contributed by atoms with E-state index in [-0.39, 0.29) is 11.9 Å². The minimum absolute atomic E-state index is 0.0905. The molecule has 0 bridgehead atoms. The molecule has 1 atom stereocenters. The Hall–Kier alpha value is -1.37. The average molecular weight is 262 g/mol. The maximum atomic E-state index is 12.5. The van der Waals surface area contributed by atoms with Gasteiger partial charge in [0.1, 0.15) is 5.69 Å². The van der Waals surface area contributed by atoms with Gasteiger partial charge in [0.05, 0.1) is 0 Å². The van der Waals surface area contributed by atoms with Crippen molar-refractivity contribution in [1.29, 1.82) is 0 Å². The molecule has 102 valence electrons. The lowest BCUT2D eigenvalue weighted by Crippen LogP contribution is -2.31. The summed E-state index contributed by atoms with van der Waals surface area (Å²) in [6, 6.07) is 0.869. The number of nitrogens with one attached hydrogen (secondary N) is 1. The molecule has 1 unspecified atom stereocenters. The van der Waals surface area contributed by atoms with Crippen LogP contribution in [0.5, 0.6) is 0 Å². The summed E-state index contributed by atoms with van der Waals surface area (Å²) < 4.78 is 37.5. The summed E-state index contributed by atoms with van der Waals surface area (Å²) in [5.41, 5.74) is -0.916. The fourth-order valence-electron chi connectivity index (χ4n) is 1.65. The molecule has 4 nitrogen and oxygen atoms in total. The van der Waals surface area contributed by atoms with Gasteiger partial charge < -0.3 is 10.2 Å². The Kier molecular flexibility index (Phi) is 4.89. The monoisotopic (exact) mass is 262 g/mol. The van der Waals surface area contributed by atoms with Gasteiger partial charge in [0.15, 0.2) is 0 Å². The first kappa shape index (κ1) is 14.7. The molecule has 0 amide bonds. The number of anilines is 1. The summed E-state index contributed by atoms with van der Waals surface area (Å²) in [6.45, 7) is 3.37. The molecule has 0 saturated heterocycles. The van der Waals surface area contributed by atoms with Crippen LogP contribution in [-0.2, 0) is 6.18 Å². The third-order valence-corrected chi connectivity index (χ3v) is 2.41. The second kappa shape index (κ2) is 5.99. The second-order valence-electron chi connectivity index (χ2n) is 4.28. The van der Waals surface area contributed by atoms with Gasteiger partial charge in [-0.3, -0.25) is 0 Å². The highest BCUT2D eigenvalue weighted by molar-refractivity contribution is 5.29. The van der Waals surface area contributed by atoms with Crippen molar-refractivity contribution in [3.63, 3.8) is 0 Å². The minimum atomic E-state index is -4.44. The van der Waals surface area contributed by atoms with Crippen molar-refractivity contribution in [2.24, 2.45) is 5.92 Å². The first-order chi connectivity index (χ1) is 8.34. The van der Waals surface area contributed by atoms with E-state index < -0.39 is 11.9 Å². The number of nitrogens with zero attached hydrogens (tertiary/aromatic N) is 3. The van der Waals surface area contributed by atoms with Gasteiger partial charge in [-0.25, -0.2) is 9.97 Å². The van der Waals surface area contributed by atoms with Crippen LogP contribution in [-0.4, -0.2) is 37.2 Å². The van der Waals surface area contributed by atoms with Gasteiger partial charge in [-0.1, -0.05) is 6.92 Å². The van der Waals surface area contributed by atoms with E-state index in [2.05, 4.69) is 15.3 Å². The predicted octanol–water partition coefficient (Wildman–Crippen LogP) is 1.79. The zero-order valence-corrected chi connectivity index (χ0v) is 10.6. The van der Waals surface area contributed by atoms with Crippen molar-refractivity contribution in [2.45, 2.75) is 13.1 Å². The van der Waals surface area contributed by atoms with Gasteiger partial charge in [0.25, 0.3) is 0 Å². The van der Waals surface area contributed by atoms with E-state index in [0.717, 1.165) is 18.8 Å². The molecule has 1 heterocycles. The van der Waals surface area contributed by atoms with E-state index in [1.807, 2.05) is 14.0 Å². The molecule has 0 aliphatic rings. The molecule has 0 radical (unpaired) electrons. The average Bonchev–Trinajstić information content (AvgIpc) is 2.28. The number of hydrogen-bond acceptors (Lipinski definition) is 4. The third kappa shape index (κ3) is 4.14. The number of aromatic nitrogens is 2. The van der Waals surface area contributed by atoms with Crippen molar-refractivity contribution in [3.05, 3.63) is 18.0 Å². The van der Waals surface area contributed by atoms with Crippen LogP contribution in [0.1, 0.15) is 12.6 Å². The smallest absolute Gasteiger partial charge is 0.344 e. The lowest BCUT2D eigenvalue weighted by atomic mass is 10.2. The topological polar surface area (TPSA) is 41.0 Å². The summed E-state index contributed by atoms with van der Waals surface area (Å²) in [6.07, 6.45) is -3.31. The van der Waals surface area contributed by atoms with Crippen LogP contribution in [0, 0.1) is 5.92 Å². The Balaban J connectivity index is 2.77. The molecule has 0 aromatic carbocycles. The van der Waals surface area contributed by atoms with E-state index in [1.165, 1.54) is 0 Å². The Labute approximate surface area is 104 Å². The van der Waals surface area contributed by atoms with E-state index >= 15 is 0 Å². The van der Waals surface area contributed by atoms with E-state index in [4.69, 9.17) is 0 Å². The molecule has 0 fully saturated rings. The Bertz CT molecular complexity index is 381. The maximum Gasteiger partial charge on any atom is 0.433 e. The van der Waals surface area contributed by atoms with Crippen LogP contribution in [0.3, 0.4) is 0 Å². The van der Waals surface area contributed by atoms with Gasteiger partial charge in [0, 0.05) is 19.8 Å². The van der Waals surface area contributed by atoms with E-state index in [0.29, 0.717) is 6.54 Å². The van der Waals surface area contributed by atoms with Gasteiger partial charge >= 0.3 is 6.18 Å². The fraction of sp³-hybridized carbons (Fsp3) is 0.636. The largest absolute Gasteiger partial charge is 0.433 e. The number of alkyl halides is 3. The summed E-state index contributed by atoms with van der Waals surface area (Å²) in [5.74, 6) is 0.380. The minimum Gasteiger partial charge on any atom is -0.344 e. The van der Waals surface area contributed by atoms with Crippen molar-refractivity contribution >= 4 is 5.95 Å². The lowest BCUT2D eigenvalue weighted by molar-refractivity contribution is -0.141. The normalized spacial score (nSPS) is 13.4. The second-order valence-corrected chi connectivity index (χ2v) is 4.28. The van der Waals surface area contributed by atoms with Crippen molar-refractivity contribution < 1.29 is 13.2 Å². The van der Waals surface area contributed by atoms with Gasteiger partial charge in [-0.2, -0.15) is 13.2 Å². The Morgan fingerprint density at radius 3 is 2.67 bits per heavy atom. The molecule has 0 spiro atoms. The highest BCUT2D eigenvalue weighted by atomic mass is 19.4. The molecule has 1 N–H and O–H groups in total. The molecule has 1 aromatic heterocycles. The standard InChI is InChI=1S/C11H17F3N4/c1-8(6-15-2)7-18(3)10-16-5-4-9(17-10)11(12,13)14/h4-5,8,15H,6-7H2,1-3H3. The summed E-state index contributed by atoms with van der Waals surface area (Å²) >= 11 is 0. The van der Waals surface area contributed by atoms with E-state index in [9.17, 15) is 13.2 Å². The number of halogens is 3. The molecule has 7 heteroatoms. The molecule has 0 saturated carbocycles. The molecular weight excluding hydrogens is 245 g/mol. The molecular formula is C11H17F3N4. The van der Waals surface area contributed by atoms with Crippen LogP contribution >= 0.6 is 0 Å². The SMILES string of the molecule is CNCC(C)CN(C)c1nccc(C(F)(F)F)n1. The first-order valence-corrected chi connectivity index (χ1v) is 5.60. The van der Waals surface area contributed by atoms with Crippen molar-refractivity contribution in [1.82, 2.24) is 15.3 Å². The lowest BCUT2D eigenvalue weighted by Gasteiger charge is -2.21. The molecule has 0 aliphatic carbocycles. The van der Waals surface area contributed by atoms with Crippen LogP contribution in [0.2, 0.25) is 0 Å². The highest BCUT2D eigenvalue weighted by Gasteiger charge is 2.33. The molecule has 0 aliphatic heterocycles. The summed E-state index contributed by atoms with van der Waals surface area (Å²) in [7, 11) is 3.51. The maximum absolute atomic E-state index is 12.5. The number of rotatable bonds is 5. The van der Waals surface area contributed by atoms with Gasteiger partial charge in [-0.15, -0.1) is 0 Å². The zero-order chi connectivity index (χ0) is 13.8. The quantitative estimate of drug-likeness (QED) is 0.878. The highest BCUT2D eigenvalue weighted by Crippen LogP contribution is 2.27. The first-order valence-electron chi connectivity index (χ1n) is 5.60. The predicted molar refractivity (Wildman–Crippen MR) is 63.4 cm³/mol. The summed E-state index contributed by atoms with van der Waals surface area (Å²) in [5, 5.41) is 3.01. The molecule has 1 rings (SSSR count).